The standard InChI is InChI=1S/C13H23F3N2O/c1-3-11(4-2)17-12(19)9-18-7-5-6-10(8-18)13(14,15)16/h10-11H,3-9H2,1-2H3,(H,17,19). The molecule has 0 aromatic heterocycles. The number of carbonyl (C=O) groups excluding carboxylic acids is 1. The van der Waals surface area contributed by atoms with E-state index in [4.69, 9.17) is 0 Å². The molecule has 6 heteroatoms. The minimum atomic E-state index is -4.15. The van der Waals surface area contributed by atoms with Crippen molar-refractivity contribution in [3.63, 3.8) is 0 Å². The third-order valence-corrected chi connectivity index (χ3v) is 3.69. The Bertz CT molecular complexity index is 290. The van der Waals surface area contributed by atoms with Crippen LogP contribution in [0.2, 0.25) is 0 Å². The van der Waals surface area contributed by atoms with Crippen molar-refractivity contribution in [2.24, 2.45) is 5.92 Å². The largest absolute Gasteiger partial charge is 0.393 e. The lowest BCUT2D eigenvalue weighted by Gasteiger charge is -2.33. The third kappa shape index (κ3) is 5.38. The van der Waals surface area contributed by atoms with E-state index in [2.05, 4.69) is 5.32 Å². The summed E-state index contributed by atoms with van der Waals surface area (Å²) in [5.74, 6) is -1.46. The number of halogens is 3. The van der Waals surface area contributed by atoms with Crippen LogP contribution in [0, 0.1) is 5.92 Å². The molecule has 0 saturated carbocycles. The molecule has 1 N–H and O–H groups in total. The van der Waals surface area contributed by atoms with E-state index in [1.165, 1.54) is 0 Å². The molecule has 19 heavy (non-hydrogen) atoms. The van der Waals surface area contributed by atoms with Gasteiger partial charge in [0.05, 0.1) is 12.5 Å². The number of rotatable bonds is 5. The second-order valence-electron chi connectivity index (χ2n) is 5.20. The van der Waals surface area contributed by atoms with Crippen LogP contribution in [0.25, 0.3) is 0 Å². The summed E-state index contributed by atoms with van der Waals surface area (Å²) in [7, 11) is 0. The molecule has 1 amide bonds. The van der Waals surface area contributed by atoms with Gasteiger partial charge in [-0.1, -0.05) is 13.8 Å². The van der Waals surface area contributed by atoms with Gasteiger partial charge >= 0.3 is 6.18 Å². The van der Waals surface area contributed by atoms with E-state index in [0.29, 0.717) is 13.0 Å². The molecule has 1 heterocycles. The average Bonchev–Trinajstić information content (AvgIpc) is 2.35. The van der Waals surface area contributed by atoms with Gasteiger partial charge in [0.15, 0.2) is 0 Å². The molecule has 1 unspecified atom stereocenters. The summed E-state index contributed by atoms with van der Waals surface area (Å²) >= 11 is 0. The van der Waals surface area contributed by atoms with Gasteiger partial charge in [0.2, 0.25) is 5.91 Å². The van der Waals surface area contributed by atoms with Gasteiger partial charge in [-0.2, -0.15) is 13.2 Å². The van der Waals surface area contributed by atoms with Crippen molar-refractivity contribution in [1.29, 1.82) is 0 Å². The Morgan fingerprint density at radius 3 is 2.53 bits per heavy atom. The fourth-order valence-electron chi connectivity index (χ4n) is 2.44. The van der Waals surface area contributed by atoms with Crippen molar-refractivity contribution in [3.8, 4) is 0 Å². The summed E-state index contributed by atoms with van der Waals surface area (Å²) in [6, 6.07) is 0.121. The summed E-state index contributed by atoms with van der Waals surface area (Å²) in [5.41, 5.74) is 0. The predicted octanol–water partition coefficient (Wildman–Crippen LogP) is 2.57. The van der Waals surface area contributed by atoms with Crippen LogP contribution in [0.1, 0.15) is 39.5 Å². The molecule has 1 aliphatic heterocycles. The lowest BCUT2D eigenvalue weighted by Crippen LogP contribution is -2.47. The molecule has 1 aliphatic rings. The van der Waals surface area contributed by atoms with E-state index < -0.39 is 12.1 Å². The first-order chi connectivity index (χ1) is 8.86. The maximum Gasteiger partial charge on any atom is 0.393 e. The highest BCUT2D eigenvalue weighted by molar-refractivity contribution is 5.78. The molecule has 1 saturated heterocycles. The number of amides is 1. The summed E-state index contributed by atoms with van der Waals surface area (Å²) in [6.07, 6.45) is -1.79. The molecule has 1 fully saturated rings. The van der Waals surface area contributed by atoms with Crippen LogP contribution in [0.5, 0.6) is 0 Å². The van der Waals surface area contributed by atoms with Crippen LogP contribution in [0.3, 0.4) is 0 Å². The fraction of sp³-hybridized carbons (Fsp3) is 0.923. The van der Waals surface area contributed by atoms with Gasteiger partial charge in [-0.25, -0.2) is 0 Å². The Kier molecular flexibility index (Phi) is 6.10. The topological polar surface area (TPSA) is 32.3 Å². The predicted molar refractivity (Wildman–Crippen MR) is 67.7 cm³/mol. The van der Waals surface area contributed by atoms with Crippen molar-refractivity contribution in [1.82, 2.24) is 10.2 Å². The van der Waals surface area contributed by atoms with E-state index in [1.807, 2.05) is 13.8 Å². The van der Waals surface area contributed by atoms with E-state index >= 15 is 0 Å². The van der Waals surface area contributed by atoms with Crippen LogP contribution in [-0.2, 0) is 4.79 Å². The van der Waals surface area contributed by atoms with Gasteiger partial charge in [-0.3, -0.25) is 9.69 Å². The molecule has 0 aromatic carbocycles. The molecule has 0 bridgehead atoms. The Labute approximate surface area is 112 Å². The Balaban J connectivity index is 2.42. The number of alkyl halides is 3. The Morgan fingerprint density at radius 2 is 2.00 bits per heavy atom. The summed E-state index contributed by atoms with van der Waals surface area (Å²) in [6.45, 7) is 4.55. The number of hydrogen-bond donors (Lipinski definition) is 1. The molecule has 1 atom stereocenters. The van der Waals surface area contributed by atoms with Crippen molar-refractivity contribution >= 4 is 5.91 Å². The van der Waals surface area contributed by atoms with Crippen LogP contribution < -0.4 is 5.32 Å². The molecule has 1 rings (SSSR count). The summed E-state index contributed by atoms with van der Waals surface area (Å²) in [4.78, 5) is 13.4. The lowest BCUT2D eigenvalue weighted by molar-refractivity contribution is -0.187. The Morgan fingerprint density at radius 1 is 1.37 bits per heavy atom. The van der Waals surface area contributed by atoms with Crippen molar-refractivity contribution < 1.29 is 18.0 Å². The van der Waals surface area contributed by atoms with E-state index in [1.54, 1.807) is 4.90 Å². The van der Waals surface area contributed by atoms with Gasteiger partial charge in [-0.15, -0.1) is 0 Å². The molecule has 0 radical (unpaired) electrons. The monoisotopic (exact) mass is 280 g/mol. The molecular weight excluding hydrogens is 257 g/mol. The molecule has 3 nitrogen and oxygen atoms in total. The zero-order valence-corrected chi connectivity index (χ0v) is 11.6. The second kappa shape index (κ2) is 7.12. The zero-order valence-electron chi connectivity index (χ0n) is 11.6. The van der Waals surface area contributed by atoms with Gasteiger partial charge in [0, 0.05) is 12.6 Å². The van der Waals surface area contributed by atoms with E-state index in [9.17, 15) is 18.0 Å². The third-order valence-electron chi connectivity index (χ3n) is 3.69. The van der Waals surface area contributed by atoms with Crippen molar-refractivity contribution in [3.05, 3.63) is 0 Å². The van der Waals surface area contributed by atoms with Gasteiger partial charge in [0.25, 0.3) is 0 Å². The maximum absolute atomic E-state index is 12.6. The van der Waals surface area contributed by atoms with E-state index in [-0.39, 0.29) is 31.5 Å². The highest BCUT2D eigenvalue weighted by atomic mass is 19.4. The summed E-state index contributed by atoms with van der Waals surface area (Å²) < 4.78 is 37.9. The number of piperidine rings is 1. The number of carbonyl (C=O) groups is 1. The quantitative estimate of drug-likeness (QED) is 0.839. The lowest BCUT2D eigenvalue weighted by atomic mass is 9.97. The molecule has 112 valence electrons. The van der Waals surface area contributed by atoms with Gasteiger partial charge in [0.1, 0.15) is 0 Å². The Hall–Kier alpha value is -0.780. The molecular formula is C13H23F3N2O. The minimum absolute atomic E-state index is 0.0557. The molecule has 0 aromatic rings. The van der Waals surface area contributed by atoms with Gasteiger partial charge < -0.3 is 5.32 Å². The number of nitrogens with zero attached hydrogens (tertiary/aromatic N) is 1. The van der Waals surface area contributed by atoms with Crippen LogP contribution in [0.15, 0.2) is 0 Å². The summed E-state index contributed by atoms with van der Waals surface area (Å²) in [5, 5.41) is 2.86. The van der Waals surface area contributed by atoms with Crippen LogP contribution in [0.4, 0.5) is 13.2 Å². The smallest absolute Gasteiger partial charge is 0.352 e. The highest BCUT2D eigenvalue weighted by Crippen LogP contribution is 2.32. The number of likely N-dealkylation sites (tertiary alicyclic amines) is 1. The first kappa shape index (κ1) is 16.3. The molecule has 0 aliphatic carbocycles. The zero-order chi connectivity index (χ0) is 14.5. The van der Waals surface area contributed by atoms with Crippen LogP contribution in [-0.4, -0.2) is 42.7 Å². The normalized spacial score (nSPS) is 21.7. The van der Waals surface area contributed by atoms with E-state index in [0.717, 1.165) is 12.8 Å². The highest BCUT2D eigenvalue weighted by Gasteiger charge is 2.41. The number of nitrogens with one attached hydrogen (secondary N) is 1. The maximum atomic E-state index is 12.6. The van der Waals surface area contributed by atoms with Crippen molar-refractivity contribution in [2.75, 3.05) is 19.6 Å². The average molecular weight is 280 g/mol. The van der Waals surface area contributed by atoms with Gasteiger partial charge in [-0.05, 0) is 32.2 Å². The first-order valence-electron chi connectivity index (χ1n) is 6.95. The van der Waals surface area contributed by atoms with Crippen LogP contribution >= 0.6 is 0 Å². The van der Waals surface area contributed by atoms with Crippen molar-refractivity contribution in [2.45, 2.75) is 51.7 Å². The molecule has 0 spiro atoms. The number of hydrogen-bond acceptors (Lipinski definition) is 2. The fourth-order valence-corrected chi connectivity index (χ4v) is 2.44. The minimum Gasteiger partial charge on any atom is -0.352 e. The second-order valence-corrected chi connectivity index (χ2v) is 5.20. The first-order valence-corrected chi connectivity index (χ1v) is 6.95. The SMILES string of the molecule is CCC(CC)NC(=O)CN1CCCC(C(F)(F)F)C1.